The number of aliphatic hydroxyl groups excluding tert-OH is 5. The van der Waals surface area contributed by atoms with Gasteiger partial charge in [-0.1, -0.05) is 0 Å². The summed E-state index contributed by atoms with van der Waals surface area (Å²) in [7, 11) is 0. The molecule has 3 rings (SSSR count). The van der Waals surface area contributed by atoms with Gasteiger partial charge in [0.05, 0.1) is 13.2 Å². The van der Waals surface area contributed by atoms with Crippen molar-refractivity contribution in [3.8, 4) is 0 Å². The van der Waals surface area contributed by atoms with Crippen LogP contribution in [0.25, 0.3) is 0 Å². The van der Waals surface area contributed by atoms with Crippen LogP contribution < -0.4 is 10.2 Å². The highest BCUT2D eigenvalue weighted by atomic mass is 16.6. The van der Waals surface area contributed by atoms with Gasteiger partial charge in [-0.15, -0.1) is 0 Å². The Hall–Kier alpha value is -1.73. The van der Waals surface area contributed by atoms with Crippen molar-refractivity contribution < 1.29 is 30.3 Å². The van der Waals surface area contributed by atoms with Gasteiger partial charge in [-0.2, -0.15) is 9.98 Å². The van der Waals surface area contributed by atoms with Crippen molar-refractivity contribution >= 4 is 23.7 Å². The van der Waals surface area contributed by atoms with Crippen LogP contribution >= 0.6 is 0 Å². The van der Waals surface area contributed by atoms with E-state index in [9.17, 15) is 25.5 Å². The van der Waals surface area contributed by atoms with Gasteiger partial charge < -0.3 is 36.0 Å². The fourth-order valence-corrected chi connectivity index (χ4v) is 3.12. The second-order valence-electron chi connectivity index (χ2n) is 5.85. The van der Waals surface area contributed by atoms with Crippen LogP contribution in [-0.4, -0.2) is 92.2 Å². The SMILES string of the molecule is Nc1ncnc2c1N=C[N@@+]2(CC(O)CO)[C@@H]1O[C@H](CO)[C@@H](O)[C@H]1O. The first-order chi connectivity index (χ1) is 11.4. The Morgan fingerprint density at radius 2 is 2.00 bits per heavy atom. The molecule has 1 unspecified atom stereocenters. The Morgan fingerprint density at radius 3 is 2.62 bits per heavy atom. The molecule has 132 valence electrons. The van der Waals surface area contributed by atoms with E-state index in [0.29, 0.717) is 0 Å². The average Bonchev–Trinajstić information content (AvgIpc) is 3.08. The van der Waals surface area contributed by atoms with Crippen molar-refractivity contribution in [3.05, 3.63) is 6.33 Å². The van der Waals surface area contributed by atoms with Gasteiger partial charge in [-0.05, 0) is 0 Å². The predicted molar refractivity (Wildman–Crippen MR) is 82.1 cm³/mol. The van der Waals surface area contributed by atoms with Gasteiger partial charge in [-0.3, -0.25) is 0 Å². The standard InChI is InChI=1S/C13H20N5O6/c14-11-8-12(16-4-15-11)18(5-17-8,1-6(21)2-19)13-10(23)9(22)7(3-20)24-13/h4-7,9-10,13,19-23H,1-3H2,(H2,14,15,16)/q+1/t6?,7-,9-,10-,13-,18-/m1/s1. The zero-order valence-electron chi connectivity index (χ0n) is 12.7. The van der Waals surface area contributed by atoms with Gasteiger partial charge in [0.2, 0.25) is 6.23 Å². The molecule has 0 aromatic carbocycles. The van der Waals surface area contributed by atoms with Gasteiger partial charge in [-0.25, -0.2) is 9.47 Å². The number of nitrogens with zero attached hydrogens (tertiary/aromatic N) is 4. The second kappa shape index (κ2) is 6.29. The summed E-state index contributed by atoms with van der Waals surface area (Å²) in [5, 5.41) is 48.9. The van der Waals surface area contributed by atoms with Crippen LogP contribution in [-0.2, 0) is 4.74 Å². The molecule has 0 aliphatic carbocycles. The average molecular weight is 342 g/mol. The molecule has 1 aromatic heterocycles. The molecule has 0 spiro atoms. The van der Waals surface area contributed by atoms with Crippen LogP contribution in [0.1, 0.15) is 0 Å². The number of nitrogens with two attached hydrogens (primary N) is 1. The quantitative estimate of drug-likeness (QED) is 0.302. The summed E-state index contributed by atoms with van der Waals surface area (Å²) in [5.74, 6) is 0.381. The van der Waals surface area contributed by atoms with E-state index in [4.69, 9.17) is 10.5 Å². The number of ether oxygens (including phenoxy) is 1. The normalized spacial score (nSPS) is 36.0. The minimum Gasteiger partial charge on any atom is -0.394 e. The van der Waals surface area contributed by atoms with E-state index in [0.717, 1.165) is 0 Å². The Labute approximate surface area is 136 Å². The van der Waals surface area contributed by atoms with Crippen LogP contribution in [0.4, 0.5) is 17.3 Å². The van der Waals surface area contributed by atoms with Crippen molar-refractivity contribution in [3.63, 3.8) is 0 Å². The lowest BCUT2D eigenvalue weighted by Gasteiger charge is -2.36. The zero-order chi connectivity index (χ0) is 17.5. The van der Waals surface area contributed by atoms with Gasteiger partial charge in [0, 0.05) is 0 Å². The first-order valence-corrected chi connectivity index (χ1v) is 7.39. The molecule has 0 amide bonds. The lowest BCUT2D eigenvalue weighted by atomic mass is 10.1. The molecule has 24 heavy (non-hydrogen) atoms. The van der Waals surface area contributed by atoms with Gasteiger partial charge in [0.15, 0.2) is 23.9 Å². The summed E-state index contributed by atoms with van der Waals surface area (Å²) in [6.07, 6.45) is -3.38. The van der Waals surface area contributed by atoms with Gasteiger partial charge in [0.25, 0.3) is 5.82 Å². The number of aliphatic hydroxyl groups is 5. The molecule has 0 saturated carbocycles. The molecular weight excluding hydrogens is 322 g/mol. The maximum Gasteiger partial charge on any atom is 0.267 e. The van der Waals surface area contributed by atoms with Crippen LogP contribution in [0.5, 0.6) is 0 Å². The highest BCUT2D eigenvalue weighted by Crippen LogP contribution is 2.43. The number of aromatic nitrogens is 2. The van der Waals surface area contributed by atoms with E-state index in [1.807, 2.05) is 0 Å². The zero-order valence-corrected chi connectivity index (χ0v) is 12.7. The number of aliphatic imine (C=N–C) groups is 1. The summed E-state index contributed by atoms with van der Waals surface area (Å²) in [6, 6.07) is 0. The highest BCUT2D eigenvalue weighted by Gasteiger charge is 2.58. The summed E-state index contributed by atoms with van der Waals surface area (Å²) in [4.78, 5) is 12.2. The first kappa shape index (κ1) is 17.1. The molecule has 2 aliphatic heterocycles. The van der Waals surface area contributed by atoms with E-state index >= 15 is 0 Å². The number of rotatable bonds is 5. The molecule has 11 nitrogen and oxygen atoms in total. The van der Waals surface area contributed by atoms with E-state index in [1.54, 1.807) is 0 Å². The maximum atomic E-state index is 10.4. The maximum absolute atomic E-state index is 10.4. The monoisotopic (exact) mass is 342 g/mol. The lowest BCUT2D eigenvalue weighted by molar-refractivity contribution is -0.0773. The number of anilines is 1. The molecule has 1 fully saturated rings. The highest BCUT2D eigenvalue weighted by molar-refractivity contribution is 5.91. The van der Waals surface area contributed by atoms with Crippen LogP contribution in [0, 0.1) is 0 Å². The second-order valence-corrected chi connectivity index (χ2v) is 5.85. The van der Waals surface area contributed by atoms with Crippen molar-refractivity contribution in [1.82, 2.24) is 14.5 Å². The molecule has 1 saturated heterocycles. The van der Waals surface area contributed by atoms with Crippen molar-refractivity contribution in [2.75, 3.05) is 25.5 Å². The molecule has 2 aliphatic rings. The molecule has 3 heterocycles. The number of fused-ring (bicyclic) bond motifs is 1. The Morgan fingerprint density at radius 1 is 1.25 bits per heavy atom. The number of nitrogen functional groups attached to an aromatic ring is 1. The van der Waals surface area contributed by atoms with E-state index in [-0.39, 0.29) is 23.9 Å². The minimum atomic E-state index is -1.37. The predicted octanol–water partition coefficient (Wildman–Crippen LogP) is -3.17. The van der Waals surface area contributed by atoms with E-state index < -0.39 is 48.3 Å². The van der Waals surface area contributed by atoms with E-state index in [2.05, 4.69) is 15.0 Å². The first-order valence-electron chi connectivity index (χ1n) is 7.39. The molecule has 11 heteroatoms. The summed E-state index contributed by atoms with van der Waals surface area (Å²) in [6.45, 7) is -1.15. The number of quaternary nitrogens is 1. The van der Waals surface area contributed by atoms with Crippen molar-refractivity contribution in [2.45, 2.75) is 30.6 Å². The van der Waals surface area contributed by atoms with Crippen molar-refractivity contribution in [1.29, 1.82) is 0 Å². The third-order valence-corrected chi connectivity index (χ3v) is 4.31. The number of hydrogen-bond donors (Lipinski definition) is 6. The number of hydrogen-bond acceptors (Lipinski definition) is 10. The van der Waals surface area contributed by atoms with Crippen LogP contribution in [0.2, 0.25) is 0 Å². The third-order valence-electron chi connectivity index (χ3n) is 4.31. The van der Waals surface area contributed by atoms with Gasteiger partial charge in [0.1, 0.15) is 31.2 Å². The molecule has 1 aromatic rings. The van der Waals surface area contributed by atoms with Gasteiger partial charge >= 0.3 is 0 Å². The topological polar surface area (TPSA) is 175 Å². The molecule has 6 atom stereocenters. The van der Waals surface area contributed by atoms with Crippen LogP contribution in [0.15, 0.2) is 11.3 Å². The fourth-order valence-electron chi connectivity index (χ4n) is 3.12. The lowest BCUT2D eigenvalue weighted by Crippen LogP contribution is -2.63. The Balaban J connectivity index is 2.07. The van der Waals surface area contributed by atoms with Crippen molar-refractivity contribution in [2.24, 2.45) is 4.99 Å². The minimum absolute atomic E-state index is 0.112. The van der Waals surface area contributed by atoms with Crippen LogP contribution in [0.3, 0.4) is 0 Å². The molecular formula is C13H20N5O6+. The molecule has 7 N–H and O–H groups in total. The summed E-state index contributed by atoms with van der Waals surface area (Å²) >= 11 is 0. The largest absolute Gasteiger partial charge is 0.394 e. The Bertz CT molecular complexity index is 645. The Kier molecular flexibility index (Phi) is 4.48. The third kappa shape index (κ3) is 2.46. The molecule has 0 radical (unpaired) electrons. The summed E-state index contributed by atoms with van der Waals surface area (Å²) in [5.41, 5.74) is 6.06. The summed E-state index contributed by atoms with van der Waals surface area (Å²) < 4.78 is 5.21. The smallest absolute Gasteiger partial charge is 0.267 e. The van der Waals surface area contributed by atoms with E-state index in [1.165, 1.54) is 12.7 Å². The fraction of sp³-hybridized carbons (Fsp3) is 0.615. The molecule has 0 bridgehead atoms.